The maximum Gasteiger partial charge on any atom is 0.157 e. The van der Waals surface area contributed by atoms with Gasteiger partial charge in [0.25, 0.3) is 0 Å². The average molecular weight is 288 g/mol. The van der Waals surface area contributed by atoms with Crippen molar-refractivity contribution in [3.05, 3.63) is 60.7 Å². The number of benzene rings is 3. The summed E-state index contributed by atoms with van der Waals surface area (Å²) < 4.78 is 12.0. The van der Waals surface area contributed by atoms with Crippen LogP contribution < -0.4 is 20.1 Å². The number of para-hydroxylation sites is 4. The van der Waals surface area contributed by atoms with Crippen molar-refractivity contribution in [2.75, 3.05) is 10.6 Å². The fourth-order valence-electron chi connectivity index (χ4n) is 3.04. The predicted molar refractivity (Wildman–Crippen MR) is 85.7 cm³/mol. The zero-order valence-electron chi connectivity index (χ0n) is 11.6. The largest absolute Gasteiger partial charge is 0.453 e. The maximum atomic E-state index is 6.02. The highest BCUT2D eigenvalue weighted by atomic mass is 16.5. The van der Waals surface area contributed by atoms with E-state index >= 15 is 0 Å². The maximum absolute atomic E-state index is 6.02. The van der Waals surface area contributed by atoms with Crippen LogP contribution >= 0.6 is 0 Å². The molecular formula is C18H12N2O2. The second-order valence-electron chi connectivity index (χ2n) is 5.34. The van der Waals surface area contributed by atoms with Gasteiger partial charge in [-0.3, -0.25) is 4.90 Å². The average Bonchev–Trinajstić information content (AvgIpc) is 2.54. The number of nitrogens with zero attached hydrogens (tertiary/aromatic N) is 1. The number of nitrogens with two attached hydrogens (primary N) is 1. The number of ether oxygens (including phenoxy) is 2. The highest BCUT2D eigenvalue weighted by Crippen LogP contribution is 2.59. The van der Waals surface area contributed by atoms with Gasteiger partial charge in [-0.2, -0.15) is 0 Å². The highest BCUT2D eigenvalue weighted by molar-refractivity contribution is 5.94. The molecular weight excluding hydrogens is 276 g/mol. The predicted octanol–water partition coefficient (Wildman–Crippen LogP) is 4.95. The zero-order chi connectivity index (χ0) is 14.7. The van der Waals surface area contributed by atoms with Crippen molar-refractivity contribution in [2.45, 2.75) is 0 Å². The number of hydrogen-bond donors (Lipinski definition) is 1. The molecule has 22 heavy (non-hydrogen) atoms. The van der Waals surface area contributed by atoms with E-state index in [1.165, 1.54) is 0 Å². The Labute approximate surface area is 127 Å². The molecule has 0 radical (unpaired) electrons. The molecule has 0 spiro atoms. The molecule has 106 valence electrons. The zero-order valence-corrected chi connectivity index (χ0v) is 11.6. The molecule has 5 rings (SSSR count). The van der Waals surface area contributed by atoms with Crippen molar-refractivity contribution in [1.29, 1.82) is 0 Å². The second kappa shape index (κ2) is 3.95. The lowest BCUT2D eigenvalue weighted by Crippen LogP contribution is -2.20. The van der Waals surface area contributed by atoms with Crippen molar-refractivity contribution >= 4 is 22.7 Å². The van der Waals surface area contributed by atoms with Gasteiger partial charge < -0.3 is 15.2 Å². The first-order chi connectivity index (χ1) is 10.8. The smallest absolute Gasteiger partial charge is 0.157 e. The van der Waals surface area contributed by atoms with E-state index in [2.05, 4.69) is 4.90 Å². The molecule has 0 fully saturated rings. The van der Waals surface area contributed by atoms with Crippen LogP contribution in [-0.2, 0) is 0 Å². The van der Waals surface area contributed by atoms with Gasteiger partial charge in [-0.1, -0.05) is 24.3 Å². The van der Waals surface area contributed by atoms with Crippen LogP contribution in [0.3, 0.4) is 0 Å². The molecule has 0 aromatic heterocycles. The molecule has 0 saturated carbocycles. The van der Waals surface area contributed by atoms with Crippen LogP contribution in [0.25, 0.3) is 0 Å². The van der Waals surface area contributed by atoms with Gasteiger partial charge in [0, 0.05) is 17.8 Å². The third-order valence-electron chi connectivity index (χ3n) is 3.94. The molecule has 0 aliphatic carbocycles. The first-order valence-corrected chi connectivity index (χ1v) is 7.09. The van der Waals surface area contributed by atoms with Crippen molar-refractivity contribution in [2.24, 2.45) is 0 Å². The van der Waals surface area contributed by atoms with Crippen molar-refractivity contribution < 1.29 is 9.47 Å². The molecule has 3 aromatic rings. The Morgan fingerprint density at radius 1 is 0.682 bits per heavy atom. The first kappa shape index (κ1) is 11.5. The third kappa shape index (κ3) is 1.41. The SMILES string of the molecule is Nc1cc2c3c(c1)Oc1ccccc1N3c1ccccc1O2. The summed E-state index contributed by atoms with van der Waals surface area (Å²) in [6.45, 7) is 0. The van der Waals surface area contributed by atoms with Crippen LogP contribution in [-0.4, -0.2) is 0 Å². The lowest BCUT2D eigenvalue weighted by molar-refractivity contribution is 0.446. The molecule has 2 aliphatic rings. The molecule has 0 unspecified atom stereocenters. The summed E-state index contributed by atoms with van der Waals surface area (Å²) in [7, 11) is 0. The Hall–Kier alpha value is -3.14. The quantitative estimate of drug-likeness (QED) is 0.409. The summed E-state index contributed by atoms with van der Waals surface area (Å²) in [5, 5.41) is 0. The van der Waals surface area contributed by atoms with Gasteiger partial charge >= 0.3 is 0 Å². The van der Waals surface area contributed by atoms with Crippen LogP contribution in [0.2, 0.25) is 0 Å². The first-order valence-electron chi connectivity index (χ1n) is 7.09. The van der Waals surface area contributed by atoms with Crippen LogP contribution in [0.15, 0.2) is 60.7 Å². The number of nitrogen functional groups attached to an aromatic ring is 1. The second-order valence-corrected chi connectivity index (χ2v) is 5.34. The van der Waals surface area contributed by atoms with E-state index in [1.807, 2.05) is 60.7 Å². The van der Waals surface area contributed by atoms with Crippen LogP contribution in [0.4, 0.5) is 22.7 Å². The minimum absolute atomic E-state index is 0.618. The number of fused-ring (bicyclic) bond motifs is 4. The number of rotatable bonds is 0. The van der Waals surface area contributed by atoms with Crippen LogP contribution in [0.1, 0.15) is 0 Å². The molecule has 2 heterocycles. The van der Waals surface area contributed by atoms with E-state index in [9.17, 15) is 0 Å². The van der Waals surface area contributed by atoms with E-state index in [-0.39, 0.29) is 0 Å². The van der Waals surface area contributed by atoms with Crippen LogP contribution in [0, 0.1) is 0 Å². The fourth-order valence-corrected chi connectivity index (χ4v) is 3.04. The summed E-state index contributed by atoms with van der Waals surface area (Å²) in [6.07, 6.45) is 0. The molecule has 0 bridgehead atoms. The van der Waals surface area contributed by atoms with Crippen molar-refractivity contribution in [1.82, 2.24) is 0 Å². The van der Waals surface area contributed by atoms with Gasteiger partial charge in [0.05, 0.1) is 11.4 Å². The third-order valence-corrected chi connectivity index (χ3v) is 3.94. The molecule has 0 atom stereocenters. The minimum Gasteiger partial charge on any atom is -0.453 e. The topological polar surface area (TPSA) is 47.7 Å². The Morgan fingerprint density at radius 3 is 1.73 bits per heavy atom. The summed E-state index contributed by atoms with van der Waals surface area (Å²) >= 11 is 0. The summed E-state index contributed by atoms with van der Waals surface area (Å²) in [5.74, 6) is 3.04. The van der Waals surface area contributed by atoms with E-state index in [0.717, 1.165) is 28.6 Å². The number of anilines is 4. The van der Waals surface area contributed by atoms with E-state index < -0.39 is 0 Å². The minimum atomic E-state index is 0.618. The summed E-state index contributed by atoms with van der Waals surface area (Å²) in [6, 6.07) is 19.6. The van der Waals surface area contributed by atoms with E-state index in [0.29, 0.717) is 17.2 Å². The Bertz CT molecular complexity index is 850. The molecule has 2 N–H and O–H groups in total. The lowest BCUT2D eigenvalue weighted by atomic mass is 10.1. The Balaban J connectivity index is 1.88. The normalized spacial score (nSPS) is 13.4. The molecule has 3 aromatic carbocycles. The van der Waals surface area contributed by atoms with Gasteiger partial charge in [0.15, 0.2) is 23.0 Å². The fraction of sp³-hybridized carbons (Fsp3) is 0. The summed E-state index contributed by atoms with van der Waals surface area (Å²) in [4.78, 5) is 2.17. The standard InChI is InChI=1S/C18H12N2O2/c19-11-9-16-18-17(10-11)22-15-8-4-2-6-13(15)20(18)12-5-1-3-7-14(12)21-16/h1-10H,19H2. The lowest BCUT2D eigenvalue weighted by Gasteiger charge is -2.37. The van der Waals surface area contributed by atoms with E-state index in [1.54, 1.807) is 0 Å². The molecule has 2 aliphatic heterocycles. The highest BCUT2D eigenvalue weighted by Gasteiger charge is 2.34. The Kier molecular flexibility index (Phi) is 2.07. The van der Waals surface area contributed by atoms with Crippen molar-refractivity contribution in [3.63, 3.8) is 0 Å². The van der Waals surface area contributed by atoms with Gasteiger partial charge in [-0.15, -0.1) is 0 Å². The molecule has 4 nitrogen and oxygen atoms in total. The Morgan fingerprint density at radius 2 is 1.18 bits per heavy atom. The van der Waals surface area contributed by atoms with Crippen LogP contribution in [0.5, 0.6) is 23.0 Å². The van der Waals surface area contributed by atoms with Gasteiger partial charge in [-0.05, 0) is 24.3 Å². The van der Waals surface area contributed by atoms with Gasteiger partial charge in [0.2, 0.25) is 0 Å². The summed E-state index contributed by atoms with van der Waals surface area (Å²) in [5.41, 5.74) is 9.50. The van der Waals surface area contributed by atoms with Crippen molar-refractivity contribution in [3.8, 4) is 23.0 Å². The number of hydrogen-bond acceptors (Lipinski definition) is 4. The van der Waals surface area contributed by atoms with E-state index in [4.69, 9.17) is 15.2 Å². The van der Waals surface area contributed by atoms with Gasteiger partial charge in [0.1, 0.15) is 5.69 Å². The van der Waals surface area contributed by atoms with Gasteiger partial charge in [-0.25, -0.2) is 0 Å². The molecule has 0 saturated heterocycles. The monoisotopic (exact) mass is 288 g/mol. The molecule has 4 heteroatoms. The molecule has 0 amide bonds.